The van der Waals surface area contributed by atoms with E-state index >= 15 is 0 Å². The fourth-order valence-electron chi connectivity index (χ4n) is 3.30. The number of benzene rings is 1. The second kappa shape index (κ2) is 5.44. The molecule has 6 heteroatoms. The molecule has 3 rings (SSSR count). The van der Waals surface area contributed by atoms with E-state index in [9.17, 15) is 14.9 Å². The second-order valence-electron chi connectivity index (χ2n) is 5.76. The van der Waals surface area contributed by atoms with Crippen molar-refractivity contribution in [3.63, 3.8) is 0 Å². The normalized spacial score (nSPS) is 27.4. The van der Waals surface area contributed by atoms with Crippen molar-refractivity contribution in [2.24, 2.45) is 5.92 Å². The molecule has 1 aliphatic heterocycles. The van der Waals surface area contributed by atoms with E-state index in [0.717, 1.165) is 25.9 Å². The number of ether oxygens (including phenoxy) is 1. The van der Waals surface area contributed by atoms with Crippen LogP contribution in [0.4, 0.5) is 5.69 Å². The highest BCUT2D eigenvalue weighted by Crippen LogP contribution is 2.38. The number of nitro groups is 1. The van der Waals surface area contributed by atoms with Crippen LogP contribution in [0.3, 0.4) is 0 Å². The third kappa shape index (κ3) is 2.51. The fourth-order valence-corrected chi connectivity index (χ4v) is 3.30. The Kier molecular flexibility index (Phi) is 3.63. The SMILES string of the molecule is Cc1cccc([N+](=O)[O-])c1C(=O)N[C@@H]1C[C@H]2OCCC[C@H]12. The minimum atomic E-state index is -0.505. The highest BCUT2D eigenvalue weighted by Gasteiger charge is 2.44. The van der Waals surface area contributed by atoms with Gasteiger partial charge in [-0.25, -0.2) is 0 Å². The van der Waals surface area contributed by atoms with Gasteiger partial charge in [0.1, 0.15) is 5.56 Å². The van der Waals surface area contributed by atoms with Gasteiger partial charge in [0.2, 0.25) is 0 Å². The summed E-state index contributed by atoms with van der Waals surface area (Å²) >= 11 is 0. The molecular formula is C15H18N2O4. The lowest BCUT2D eigenvalue weighted by Crippen LogP contribution is -2.57. The van der Waals surface area contributed by atoms with Gasteiger partial charge in [-0.1, -0.05) is 12.1 Å². The number of rotatable bonds is 3. The molecule has 21 heavy (non-hydrogen) atoms. The number of aryl methyl sites for hydroxylation is 1. The number of hydrogen-bond donors (Lipinski definition) is 1. The first-order chi connectivity index (χ1) is 10.1. The van der Waals surface area contributed by atoms with Gasteiger partial charge in [0.25, 0.3) is 11.6 Å². The van der Waals surface area contributed by atoms with Crippen molar-refractivity contribution in [3.8, 4) is 0 Å². The van der Waals surface area contributed by atoms with Crippen LogP contribution in [0.25, 0.3) is 0 Å². The van der Waals surface area contributed by atoms with E-state index in [1.807, 2.05) is 0 Å². The van der Waals surface area contributed by atoms with Gasteiger partial charge in [0, 0.05) is 24.6 Å². The summed E-state index contributed by atoms with van der Waals surface area (Å²) in [6, 6.07) is 4.75. The van der Waals surface area contributed by atoms with E-state index in [-0.39, 0.29) is 29.3 Å². The zero-order valence-electron chi connectivity index (χ0n) is 11.9. The van der Waals surface area contributed by atoms with E-state index in [2.05, 4.69) is 5.32 Å². The topological polar surface area (TPSA) is 81.5 Å². The van der Waals surface area contributed by atoms with Crippen LogP contribution in [0.2, 0.25) is 0 Å². The largest absolute Gasteiger partial charge is 0.378 e. The molecule has 1 amide bonds. The monoisotopic (exact) mass is 290 g/mol. The summed E-state index contributed by atoms with van der Waals surface area (Å²) in [5.74, 6) is -0.000372. The minimum Gasteiger partial charge on any atom is -0.378 e. The highest BCUT2D eigenvalue weighted by molar-refractivity contribution is 5.99. The molecule has 1 saturated carbocycles. The Balaban J connectivity index is 1.76. The molecule has 0 aromatic heterocycles. The molecule has 1 N–H and O–H groups in total. The molecule has 1 saturated heterocycles. The molecule has 1 aromatic rings. The maximum Gasteiger partial charge on any atom is 0.282 e. The Morgan fingerprint density at radius 1 is 1.48 bits per heavy atom. The van der Waals surface area contributed by atoms with E-state index in [4.69, 9.17) is 4.74 Å². The lowest BCUT2D eigenvalue weighted by atomic mass is 9.72. The van der Waals surface area contributed by atoms with Gasteiger partial charge < -0.3 is 10.1 Å². The first-order valence-corrected chi connectivity index (χ1v) is 7.24. The van der Waals surface area contributed by atoms with Gasteiger partial charge in [0.15, 0.2) is 0 Å². The van der Waals surface area contributed by atoms with Crippen molar-refractivity contribution < 1.29 is 14.5 Å². The number of nitro benzene ring substituents is 1. The summed E-state index contributed by atoms with van der Waals surface area (Å²) in [4.78, 5) is 23.0. The number of hydrogen-bond acceptors (Lipinski definition) is 4. The number of nitrogens with zero attached hydrogens (tertiary/aromatic N) is 1. The summed E-state index contributed by atoms with van der Waals surface area (Å²) in [6.45, 7) is 2.51. The molecule has 0 bridgehead atoms. The third-order valence-corrected chi connectivity index (χ3v) is 4.49. The summed E-state index contributed by atoms with van der Waals surface area (Å²) in [7, 11) is 0. The molecular weight excluding hydrogens is 272 g/mol. The molecule has 6 nitrogen and oxygen atoms in total. The molecule has 0 unspecified atom stereocenters. The Bertz CT molecular complexity index is 587. The smallest absolute Gasteiger partial charge is 0.282 e. The first-order valence-electron chi connectivity index (χ1n) is 7.24. The maximum atomic E-state index is 12.4. The summed E-state index contributed by atoms with van der Waals surface area (Å²) < 4.78 is 5.62. The van der Waals surface area contributed by atoms with Gasteiger partial charge in [-0.05, 0) is 31.7 Å². The zero-order chi connectivity index (χ0) is 15.0. The van der Waals surface area contributed by atoms with E-state index < -0.39 is 4.92 Å². The summed E-state index contributed by atoms with van der Waals surface area (Å²) in [5.41, 5.74) is 0.656. The average molecular weight is 290 g/mol. The van der Waals surface area contributed by atoms with Crippen LogP contribution in [0.15, 0.2) is 18.2 Å². The summed E-state index contributed by atoms with van der Waals surface area (Å²) in [5, 5.41) is 14.0. The van der Waals surface area contributed by atoms with Crippen LogP contribution < -0.4 is 5.32 Å². The fraction of sp³-hybridized carbons (Fsp3) is 0.533. The highest BCUT2D eigenvalue weighted by atomic mass is 16.6. The van der Waals surface area contributed by atoms with E-state index in [0.29, 0.717) is 11.5 Å². The number of amides is 1. The Labute approximate surface area is 122 Å². The molecule has 112 valence electrons. The van der Waals surface area contributed by atoms with Crippen molar-refractivity contribution in [3.05, 3.63) is 39.4 Å². The second-order valence-corrected chi connectivity index (χ2v) is 5.76. The lowest BCUT2D eigenvalue weighted by molar-refractivity contribution is -0.385. The lowest BCUT2D eigenvalue weighted by Gasteiger charge is -2.47. The standard InChI is InChI=1S/C15H18N2O4/c1-9-4-2-6-12(17(19)20)14(9)15(18)16-11-8-13-10(11)5-3-7-21-13/h2,4,6,10-11,13H,3,5,7-8H2,1H3,(H,16,18)/t10-,11-,13-/m1/s1. The predicted molar refractivity (Wildman–Crippen MR) is 76.2 cm³/mol. The third-order valence-electron chi connectivity index (χ3n) is 4.49. The van der Waals surface area contributed by atoms with Crippen LogP contribution in [0.1, 0.15) is 35.2 Å². The molecule has 2 fully saturated rings. The van der Waals surface area contributed by atoms with Crippen molar-refractivity contribution >= 4 is 11.6 Å². The quantitative estimate of drug-likeness (QED) is 0.683. The Hall–Kier alpha value is -1.95. The molecule has 1 heterocycles. The van der Waals surface area contributed by atoms with Crippen LogP contribution in [-0.2, 0) is 4.74 Å². The number of carbonyl (C=O) groups excluding carboxylic acids is 1. The van der Waals surface area contributed by atoms with Crippen LogP contribution in [0, 0.1) is 23.0 Å². The first kappa shape index (κ1) is 14.0. The van der Waals surface area contributed by atoms with E-state index in [1.54, 1.807) is 19.1 Å². The molecule has 2 aliphatic rings. The Morgan fingerprint density at radius 2 is 2.29 bits per heavy atom. The number of carbonyl (C=O) groups is 1. The van der Waals surface area contributed by atoms with Gasteiger partial charge in [-0.2, -0.15) is 0 Å². The van der Waals surface area contributed by atoms with E-state index in [1.165, 1.54) is 6.07 Å². The van der Waals surface area contributed by atoms with Crippen molar-refractivity contribution in [2.75, 3.05) is 6.61 Å². The molecule has 0 radical (unpaired) electrons. The van der Waals surface area contributed by atoms with Gasteiger partial charge in [0.05, 0.1) is 11.0 Å². The van der Waals surface area contributed by atoms with Crippen LogP contribution in [0.5, 0.6) is 0 Å². The van der Waals surface area contributed by atoms with Crippen LogP contribution in [-0.4, -0.2) is 29.6 Å². The van der Waals surface area contributed by atoms with Crippen LogP contribution >= 0.6 is 0 Å². The van der Waals surface area contributed by atoms with Crippen molar-refractivity contribution in [2.45, 2.75) is 38.3 Å². The number of nitrogens with one attached hydrogen (secondary N) is 1. The summed E-state index contributed by atoms with van der Waals surface area (Å²) in [6.07, 6.45) is 3.11. The van der Waals surface area contributed by atoms with Crippen molar-refractivity contribution in [1.82, 2.24) is 5.32 Å². The van der Waals surface area contributed by atoms with Crippen molar-refractivity contribution in [1.29, 1.82) is 0 Å². The zero-order valence-corrected chi connectivity index (χ0v) is 11.9. The molecule has 3 atom stereocenters. The average Bonchev–Trinajstić information content (AvgIpc) is 2.44. The Morgan fingerprint density at radius 3 is 3.00 bits per heavy atom. The predicted octanol–water partition coefficient (Wildman–Crippen LogP) is 2.20. The van der Waals surface area contributed by atoms with Gasteiger partial charge >= 0.3 is 0 Å². The maximum absolute atomic E-state index is 12.4. The molecule has 1 aromatic carbocycles. The minimum absolute atomic E-state index is 0.0713. The van der Waals surface area contributed by atoms with Gasteiger partial charge in [-0.3, -0.25) is 14.9 Å². The number of fused-ring (bicyclic) bond motifs is 1. The molecule has 0 spiro atoms. The van der Waals surface area contributed by atoms with Gasteiger partial charge in [-0.15, -0.1) is 0 Å². The molecule has 1 aliphatic carbocycles.